The Morgan fingerprint density at radius 2 is 2.75 bits per heavy atom. The minimum Gasteiger partial charge on any atom is -0.619 e. The van der Waals surface area contributed by atoms with E-state index in [1.807, 2.05) is 0 Å². The highest BCUT2D eigenvalue weighted by Crippen LogP contribution is 1.83. The molecule has 0 saturated heterocycles. The van der Waals surface area contributed by atoms with E-state index in [1.54, 1.807) is 0 Å². The van der Waals surface area contributed by atoms with Crippen molar-refractivity contribution in [2.75, 3.05) is 0 Å². The van der Waals surface area contributed by atoms with Crippen LogP contribution in [-0.2, 0) is 0 Å². The van der Waals surface area contributed by atoms with Crippen LogP contribution in [-0.4, -0.2) is 0 Å². The molecule has 42 valence electrons. The molecule has 0 spiro atoms. The molecule has 0 radical (unpaired) electrons. The minimum atomic E-state index is -2.45. The molecular formula is C6H7NO. The summed E-state index contributed by atoms with van der Waals surface area (Å²) in [6, 6.07) is 3.80. The normalized spacial score (nSPS) is 18.0. The number of aryl methyl sites for hydroxylation is 1. The average Bonchev–Trinajstić information content (AvgIpc) is 1.92. The molecule has 2 nitrogen and oxygen atoms in total. The van der Waals surface area contributed by atoms with Gasteiger partial charge in [-0.1, -0.05) is 6.07 Å². The third-order valence-corrected chi connectivity index (χ3v) is 0.761. The molecule has 8 heavy (non-hydrogen) atoms. The van der Waals surface area contributed by atoms with Crippen LogP contribution in [0.25, 0.3) is 0 Å². The molecule has 0 saturated carbocycles. The van der Waals surface area contributed by atoms with Gasteiger partial charge in [0.15, 0.2) is 11.9 Å². The summed E-state index contributed by atoms with van der Waals surface area (Å²) >= 11 is 0. The average molecular weight is 113 g/mol. The van der Waals surface area contributed by atoms with Gasteiger partial charge in [-0.2, -0.15) is 4.73 Å². The highest BCUT2D eigenvalue weighted by atomic mass is 16.5. The van der Waals surface area contributed by atoms with E-state index in [2.05, 4.69) is 0 Å². The highest BCUT2D eigenvalue weighted by molar-refractivity contribution is 4.94. The first kappa shape index (κ1) is 2.05. The topological polar surface area (TPSA) is 26.9 Å². The Labute approximate surface area is 53.6 Å². The van der Waals surface area contributed by atoms with Gasteiger partial charge >= 0.3 is 0 Å². The highest BCUT2D eigenvalue weighted by Gasteiger charge is 1.89. The minimum absolute atomic E-state index is 0.104. The van der Waals surface area contributed by atoms with Crippen LogP contribution in [0, 0.1) is 12.1 Å². The summed E-state index contributed by atoms with van der Waals surface area (Å²) in [6.45, 7) is -2.45. The molecule has 0 fully saturated rings. The van der Waals surface area contributed by atoms with Gasteiger partial charge in [0.2, 0.25) is 0 Å². The van der Waals surface area contributed by atoms with Crippen LogP contribution in [0.5, 0.6) is 0 Å². The Balaban J connectivity index is 3.26. The molecule has 1 aromatic heterocycles. The number of nitrogens with zero attached hydrogens (tertiary/aromatic N) is 1. The number of hydrogen-bond donors (Lipinski definition) is 0. The van der Waals surface area contributed by atoms with Gasteiger partial charge in [0.05, 0.1) is 0 Å². The molecule has 0 bridgehead atoms. The maximum atomic E-state index is 11.0. The van der Waals surface area contributed by atoms with Crippen molar-refractivity contribution in [2.45, 2.75) is 6.85 Å². The predicted molar refractivity (Wildman–Crippen MR) is 30.1 cm³/mol. The van der Waals surface area contributed by atoms with E-state index < -0.39 is 6.85 Å². The fraction of sp³-hybridized carbons (Fsp3) is 0.167. The van der Waals surface area contributed by atoms with Gasteiger partial charge in [0, 0.05) is 23.1 Å². The van der Waals surface area contributed by atoms with Crippen LogP contribution >= 0.6 is 0 Å². The maximum Gasteiger partial charge on any atom is 0.189 e. The number of aromatic nitrogens is 1. The second-order valence-electron chi connectivity index (χ2n) is 1.33. The molecule has 0 aliphatic rings. The van der Waals surface area contributed by atoms with E-state index >= 15 is 0 Å². The molecule has 2 heteroatoms. The van der Waals surface area contributed by atoms with Crippen LogP contribution in [0.4, 0.5) is 0 Å². The largest absolute Gasteiger partial charge is 0.619 e. The first-order chi connectivity index (χ1) is 5.43. The molecule has 0 aromatic carbocycles. The molecule has 0 aliphatic heterocycles. The predicted octanol–water partition coefficient (Wildman–Crippen LogP) is 0.628. The van der Waals surface area contributed by atoms with Crippen LogP contribution < -0.4 is 4.73 Å². The van der Waals surface area contributed by atoms with Gasteiger partial charge in [-0.05, 0) is 0 Å². The second-order valence-corrected chi connectivity index (χ2v) is 1.33. The van der Waals surface area contributed by atoms with E-state index in [9.17, 15) is 5.21 Å². The molecule has 0 atom stereocenters. The third-order valence-electron chi connectivity index (χ3n) is 0.761. The number of hydrogen-bond acceptors (Lipinski definition) is 1. The number of pyridine rings is 1. The first-order valence-corrected chi connectivity index (χ1v) is 2.12. The lowest BCUT2D eigenvalue weighted by molar-refractivity contribution is -0.612. The van der Waals surface area contributed by atoms with Gasteiger partial charge in [0.1, 0.15) is 1.37 Å². The monoisotopic (exact) mass is 113 g/mol. The van der Waals surface area contributed by atoms with Crippen molar-refractivity contribution in [1.29, 1.82) is 0 Å². The zero-order chi connectivity index (χ0) is 9.35. The lowest BCUT2D eigenvalue weighted by Gasteiger charge is -1.95. The van der Waals surface area contributed by atoms with Gasteiger partial charge in [-0.15, -0.1) is 0 Å². The molecule has 0 N–H and O–H groups in total. The van der Waals surface area contributed by atoms with Crippen molar-refractivity contribution < 1.29 is 10.2 Å². The third kappa shape index (κ3) is 0.780. The summed E-state index contributed by atoms with van der Waals surface area (Å²) in [5, 5.41) is 11.0. The molecule has 0 amide bonds. The quantitative estimate of drug-likeness (QED) is 0.358. The zero-order valence-electron chi connectivity index (χ0n) is 8.09. The Bertz CT molecular complexity index is 296. The van der Waals surface area contributed by atoms with Gasteiger partial charge in [-0.3, -0.25) is 0 Å². The summed E-state index contributed by atoms with van der Waals surface area (Å²) in [5.74, 6) is 0. The van der Waals surface area contributed by atoms with E-state index in [-0.39, 0.29) is 16.6 Å². The summed E-state index contributed by atoms with van der Waals surface area (Å²) in [4.78, 5) is 0. The van der Waals surface area contributed by atoms with Crippen molar-refractivity contribution in [1.82, 2.24) is 0 Å². The van der Waals surface area contributed by atoms with Crippen LogP contribution in [0.2, 0.25) is 0 Å². The Morgan fingerprint density at radius 1 is 1.88 bits per heavy atom. The summed E-state index contributed by atoms with van der Waals surface area (Å²) in [7, 11) is 0. The van der Waals surface area contributed by atoms with Crippen LogP contribution in [0.3, 0.4) is 0 Å². The summed E-state index contributed by atoms with van der Waals surface area (Å²) in [5.41, 5.74) is -0.366. The first-order valence-electron chi connectivity index (χ1n) is 4.12. The Hall–Kier alpha value is -1.05. The molecule has 0 aliphatic carbocycles. The lowest BCUT2D eigenvalue weighted by Crippen LogP contribution is -2.28. The standard InChI is InChI=1S/C6H7NO/c1-6-4-2-3-5-7(6)8/h2-5H,1H3/i1D3,5D. The van der Waals surface area contributed by atoms with Gasteiger partial charge in [-0.25, -0.2) is 0 Å². The van der Waals surface area contributed by atoms with Crippen LogP contribution in [0.1, 0.15) is 11.2 Å². The fourth-order valence-electron chi connectivity index (χ4n) is 0.387. The van der Waals surface area contributed by atoms with Crippen LogP contribution in [0.15, 0.2) is 24.4 Å². The van der Waals surface area contributed by atoms with E-state index in [1.165, 1.54) is 18.2 Å². The smallest absolute Gasteiger partial charge is 0.189 e. The van der Waals surface area contributed by atoms with Gasteiger partial charge < -0.3 is 5.21 Å². The molecule has 0 unspecified atom stereocenters. The van der Waals surface area contributed by atoms with Gasteiger partial charge in [0.25, 0.3) is 0 Å². The Kier molecular flexibility index (Phi) is 0.467. The van der Waals surface area contributed by atoms with Crippen molar-refractivity contribution in [2.24, 2.45) is 0 Å². The number of rotatable bonds is 0. The maximum absolute atomic E-state index is 11.0. The SMILES string of the molecule is [2H]c1cccc(C([2H])([2H])[2H])[n+]1[O-]. The van der Waals surface area contributed by atoms with Crippen molar-refractivity contribution in [3.8, 4) is 0 Å². The molecule has 1 heterocycles. The zero-order valence-corrected chi connectivity index (χ0v) is 4.09. The van der Waals surface area contributed by atoms with E-state index in [0.717, 1.165) is 0 Å². The van der Waals surface area contributed by atoms with Crippen molar-refractivity contribution in [3.05, 3.63) is 35.3 Å². The molecular weight excluding hydrogens is 102 g/mol. The summed E-state index contributed by atoms with van der Waals surface area (Å²) in [6.07, 6.45) is -0.358. The molecule has 1 aromatic rings. The Morgan fingerprint density at radius 3 is 3.38 bits per heavy atom. The van der Waals surface area contributed by atoms with Crippen molar-refractivity contribution >= 4 is 0 Å². The van der Waals surface area contributed by atoms with E-state index in [4.69, 9.17) is 5.48 Å². The summed E-state index contributed by atoms with van der Waals surface area (Å²) < 4.78 is 28.0. The van der Waals surface area contributed by atoms with E-state index in [0.29, 0.717) is 0 Å². The lowest BCUT2D eigenvalue weighted by atomic mass is 10.4. The van der Waals surface area contributed by atoms with Crippen molar-refractivity contribution in [3.63, 3.8) is 0 Å². The second kappa shape index (κ2) is 1.82. The molecule has 1 rings (SSSR count). The fourth-order valence-corrected chi connectivity index (χ4v) is 0.387.